The van der Waals surface area contributed by atoms with E-state index in [4.69, 9.17) is 5.11 Å². The summed E-state index contributed by atoms with van der Waals surface area (Å²) in [6.07, 6.45) is 5.27. The monoisotopic (exact) mass is 216 g/mol. The van der Waals surface area contributed by atoms with Gasteiger partial charge in [0.15, 0.2) is 0 Å². The molecule has 0 radical (unpaired) electrons. The Kier molecular flexibility index (Phi) is 2.91. The zero-order valence-electron chi connectivity index (χ0n) is 8.15. The molecule has 80 valence electrons. The smallest absolute Gasteiger partial charge is 0.303 e. The molecule has 1 N–H and O–H groups in total. The molecular weight excluding hydrogens is 200 g/mol. The van der Waals surface area contributed by atoms with E-state index in [1.165, 1.54) is 6.42 Å². The molecule has 14 heavy (non-hydrogen) atoms. The standard InChI is InChI=1S/C10H16O3S/c11-10(12)6-7-4-8-2-1-3-9(5-7)14(8)13/h7-9H,1-6H2,(H,11,12). The average molecular weight is 216 g/mol. The summed E-state index contributed by atoms with van der Waals surface area (Å²) in [7, 11) is -0.664. The van der Waals surface area contributed by atoms with Crippen molar-refractivity contribution in [2.45, 2.75) is 49.0 Å². The lowest BCUT2D eigenvalue weighted by Crippen LogP contribution is -2.39. The van der Waals surface area contributed by atoms with Gasteiger partial charge in [0.2, 0.25) is 0 Å². The molecule has 0 aromatic rings. The minimum Gasteiger partial charge on any atom is -0.481 e. The van der Waals surface area contributed by atoms with Crippen LogP contribution in [0.5, 0.6) is 0 Å². The molecule has 2 bridgehead atoms. The first-order chi connectivity index (χ1) is 6.66. The van der Waals surface area contributed by atoms with Gasteiger partial charge in [0.25, 0.3) is 0 Å². The first-order valence-corrected chi connectivity index (χ1v) is 6.55. The topological polar surface area (TPSA) is 54.4 Å². The Morgan fingerprint density at radius 3 is 2.36 bits per heavy atom. The Morgan fingerprint density at radius 1 is 1.29 bits per heavy atom. The van der Waals surface area contributed by atoms with Crippen molar-refractivity contribution in [3.63, 3.8) is 0 Å². The van der Waals surface area contributed by atoms with Crippen LogP contribution in [0.3, 0.4) is 0 Å². The molecule has 0 amide bonds. The van der Waals surface area contributed by atoms with E-state index >= 15 is 0 Å². The molecule has 2 saturated heterocycles. The van der Waals surface area contributed by atoms with Gasteiger partial charge in [0.1, 0.15) is 0 Å². The van der Waals surface area contributed by atoms with E-state index in [0.29, 0.717) is 10.5 Å². The van der Waals surface area contributed by atoms with Crippen LogP contribution < -0.4 is 0 Å². The highest BCUT2D eigenvalue weighted by Gasteiger charge is 2.38. The van der Waals surface area contributed by atoms with Gasteiger partial charge in [0, 0.05) is 27.7 Å². The number of hydrogen-bond donors (Lipinski definition) is 1. The molecule has 0 aromatic heterocycles. The quantitative estimate of drug-likeness (QED) is 0.761. The summed E-state index contributed by atoms with van der Waals surface area (Å²) >= 11 is 0. The minimum absolute atomic E-state index is 0.268. The summed E-state index contributed by atoms with van der Waals surface area (Å²) < 4.78 is 11.8. The van der Waals surface area contributed by atoms with Gasteiger partial charge >= 0.3 is 5.97 Å². The number of carbonyl (C=O) groups is 1. The Balaban J connectivity index is 2.00. The van der Waals surface area contributed by atoms with Crippen LogP contribution in [0, 0.1) is 5.92 Å². The fraction of sp³-hybridized carbons (Fsp3) is 0.900. The second kappa shape index (κ2) is 4.01. The molecular formula is C10H16O3S. The summed E-state index contributed by atoms with van der Waals surface area (Å²) in [6.45, 7) is 0. The lowest BCUT2D eigenvalue weighted by atomic mass is 9.87. The van der Waals surface area contributed by atoms with Gasteiger partial charge in [-0.05, 0) is 31.6 Å². The van der Waals surface area contributed by atoms with E-state index < -0.39 is 16.8 Å². The van der Waals surface area contributed by atoms with Gasteiger partial charge in [-0.2, -0.15) is 0 Å². The second-order valence-corrected chi connectivity index (χ2v) is 6.43. The molecule has 0 aromatic carbocycles. The Morgan fingerprint density at radius 2 is 1.86 bits per heavy atom. The Hall–Kier alpha value is -0.380. The van der Waals surface area contributed by atoms with Crippen molar-refractivity contribution in [3.05, 3.63) is 0 Å². The van der Waals surface area contributed by atoms with Crippen molar-refractivity contribution in [3.8, 4) is 0 Å². The lowest BCUT2D eigenvalue weighted by Gasteiger charge is -2.37. The van der Waals surface area contributed by atoms with Crippen molar-refractivity contribution in [1.29, 1.82) is 0 Å². The molecule has 0 spiro atoms. The van der Waals surface area contributed by atoms with Gasteiger partial charge in [-0.25, -0.2) is 0 Å². The molecule has 2 aliphatic rings. The fourth-order valence-electron chi connectivity index (χ4n) is 2.76. The summed E-state index contributed by atoms with van der Waals surface area (Å²) in [5.74, 6) is -0.429. The van der Waals surface area contributed by atoms with Crippen LogP contribution in [0.2, 0.25) is 0 Å². The summed E-state index contributed by atoms with van der Waals surface area (Å²) in [5, 5.41) is 9.32. The molecule has 2 unspecified atom stereocenters. The van der Waals surface area contributed by atoms with Gasteiger partial charge in [-0.15, -0.1) is 0 Å². The Bertz CT molecular complexity index is 248. The number of fused-ring (bicyclic) bond motifs is 2. The molecule has 2 fully saturated rings. The van der Waals surface area contributed by atoms with Crippen LogP contribution in [0.25, 0.3) is 0 Å². The summed E-state index contributed by atoms with van der Waals surface area (Å²) in [4.78, 5) is 10.6. The zero-order valence-corrected chi connectivity index (χ0v) is 8.96. The van der Waals surface area contributed by atoms with Crippen molar-refractivity contribution in [1.82, 2.24) is 0 Å². The highest BCUT2D eigenvalue weighted by molar-refractivity contribution is 7.86. The molecule has 3 nitrogen and oxygen atoms in total. The van der Waals surface area contributed by atoms with Gasteiger partial charge in [-0.3, -0.25) is 9.00 Å². The first-order valence-electron chi connectivity index (χ1n) is 5.28. The van der Waals surface area contributed by atoms with Crippen LogP contribution >= 0.6 is 0 Å². The van der Waals surface area contributed by atoms with Crippen molar-refractivity contribution in [2.24, 2.45) is 5.92 Å². The minimum atomic E-state index is -0.708. The molecule has 0 saturated carbocycles. The third-order valence-corrected chi connectivity index (χ3v) is 5.54. The predicted molar refractivity (Wildman–Crippen MR) is 54.5 cm³/mol. The number of hydrogen-bond acceptors (Lipinski definition) is 2. The lowest BCUT2D eigenvalue weighted by molar-refractivity contribution is -0.138. The molecule has 0 aliphatic carbocycles. The maximum Gasteiger partial charge on any atom is 0.303 e. The number of carboxylic acid groups (broad SMARTS) is 1. The van der Waals surface area contributed by atoms with E-state index in [9.17, 15) is 9.00 Å². The van der Waals surface area contributed by atoms with Gasteiger partial charge in [0.05, 0.1) is 0 Å². The zero-order chi connectivity index (χ0) is 10.1. The average Bonchev–Trinajstić information content (AvgIpc) is 2.05. The van der Waals surface area contributed by atoms with Crippen LogP contribution in [0.15, 0.2) is 0 Å². The van der Waals surface area contributed by atoms with E-state index in [2.05, 4.69) is 0 Å². The van der Waals surface area contributed by atoms with Crippen molar-refractivity contribution >= 4 is 16.8 Å². The third-order valence-electron chi connectivity index (χ3n) is 3.37. The molecule has 2 heterocycles. The largest absolute Gasteiger partial charge is 0.481 e. The predicted octanol–water partition coefficient (Wildman–Crippen LogP) is 1.54. The maximum atomic E-state index is 11.8. The fourth-order valence-corrected chi connectivity index (χ4v) is 5.02. The molecule has 2 atom stereocenters. The van der Waals surface area contributed by atoms with Crippen LogP contribution in [-0.4, -0.2) is 25.8 Å². The van der Waals surface area contributed by atoms with Crippen LogP contribution in [0.1, 0.15) is 38.5 Å². The number of carboxylic acids is 1. The number of aliphatic carboxylic acids is 1. The van der Waals surface area contributed by atoms with E-state index in [-0.39, 0.29) is 12.3 Å². The Labute approximate surface area is 86.3 Å². The second-order valence-electron chi connectivity index (χ2n) is 4.44. The third kappa shape index (κ3) is 2.00. The first kappa shape index (κ1) is 10.1. The summed E-state index contributed by atoms with van der Waals surface area (Å²) in [5.41, 5.74) is 0. The van der Waals surface area contributed by atoms with Crippen molar-refractivity contribution in [2.75, 3.05) is 0 Å². The van der Waals surface area contributed by atoms with Crippen LogP contribution in [0.4, 0.5) is 0 Å². The van der Waals surface area contributed by atoms with E-state index in [1.807, 2.05) is 0 Å². The van der Waals surface area contributed by atoms with E-state index in [1.54, 1.807) is 0 Å². The van der Waals surface area contributed by atoms with Crippen LogP contribution in [-0.2, 0) is 15.6 Å². The van der Waals surface area contributed by atoms with Gasteiger partial charge in [-0.1, -0.05) is 6.42 Å². The maximum absolute atomic E-state index is 11.8. The SMILES string of the molecule is O=C(O)CC1CC2CCCC(C1)S2=O. The molecule has 2 rings (SSSR count). The molecule has 4 heteroatoms. The summed E-state index contributed by atoms with van der Waals surface area (Å²) in [6, 6.07) is 0. The number of rotatable bonds is 2. The van der Waals surface area contributed by atoms with Gasteiger partial charge < -0.3 is 5.11 Å². The molecule has 2 aliphatic heterocycles. The van der Waals surface area contributed by atoms with Crippen molar-refractivity contribution < 1.29 is 14.1 Å². The van der Waals surface area contributed by atoms with E-state index in [0.717, 1.165) is 25.7 Å². The highest BCUT2D eigenvalue weighted by atomic mass is 32.2. The normalized spacial score (nSPS) is 42.0. The highest BCUT2D eigenvalue weighted by Crippen LogP contribution is 2.38.